The van der Waals surface area contributed by atoms with E-state index in [-0.39, 0.29) is 11.7 Å². The Morgan fingerprint density at radius 3 is 2.64 bits per heavy atom. The Bertz CT molecular complexity index is 741. The molecule has 0 atom stereocenters. The molecule has 0 aliphatic carbocycles. The van der Waals surface area contributed by atoms with Gasteiger partial charge in [0.25, 0.3) is 17.6 Å². The fraction of sp³-hybridized carbons (Fsp3) is 0.125. The quantitative estimate of drug-likeness (QED) is 0.779. The van der Waals surface area contributed by atoms with E-state index in [0.717, 1.165) is 17.5 Å². The van der Waals surface area contributed by atoms with Gasteiger partial charge in [0.05, 0.1) is 0 Å². The van der Waals surface area contributed by atoms with Crippen LogP contribution in [-0.2, 0) is 6.42 Å². The van der Waals surface area contributed by atoms with Gasteiger partial charge in [0.15, 0.2) is 0 Å². The third-order valence-electron chi connectivity index (χ3n) is 3.10. The summed E-state index contributed by atoms with van der Waals surface area (Å²) in [5.41, 5.74) is 1.89. The van der Waals surface area contributed by atoms with Gasteiger partial charge in [-0.2, -0.15) is 4.98 Å². The number of nitrogens with one attached hydrogen (secondary N) is 1. The van der Waals surface area contributed by atoms with Crippen molar-refractivity contribution in [2.45, 2.75) is 6.42 Å². The van der Waals surface area contributed by atoms with Crippen LogP contribution in [0.5, 0.6) is 0 Å². The number of carbonyl (C=O) groups excluding carboxylic acids is 1. The Labute approximate surface area is 127 Å². The molecule has 0 bridgehead atoms. The van der Waals surface area contributed by atoms with Crippen LogP contribution in [0.3, 0.4) is 0 Å². The van der Waals surface area contributed by atoms with Crippen LogP contribution in [0.4, 0.5) is 0 Å². The number of benzene rings is 1. The molecule has 110 valence electrons. The van der Waals surface area contributed by atoms with Crippen LogP contribution in [0.25, 0.3) is 11.5 Å². The van der Waals surface area contributed by atoms with Crippen LogP contribution in [0.1, 0.15) is 16.2 Å². The highest BCUT2D eigenvalue weighted by atomic mass is 16.5. The van der Waals surface area contributed by atoms with Gasteiger partial charge in [0.1, 0.15) is 0 Å². The third kappa shape index (κ3) is 3.35. The van der Waals surface area contributed by atoms with E-state index in [1.807, 2.05) is 42.5 Å². The number of hydrogen-bond donors (Lipinski definition) is 1. The normalized spacial score (nSPS) is 10.4. The fourth-order valence-corrected chi connectivity index (χ4v) is 1.96. The molecule has 0 aliphatic rings. The molecule has 0 spiro atoms. The summed E-state index contributed by atoms with van der Waals surface area (Å²) in [7, 11) is 0. The van der Waals surface area contributed by atoms with Crippen LogP contribution in [0.15, 0.2) is 59.4 Å². The second kappa shape index (κ2) is 6.62. The van der Waals surface area contributed by atoms with Crippen LogP contribution in [0, 0.1) is 0 Å². The number of carbonyl (C=O) groups is 1. The van der Waals surface area contributed by atoms with Gasteiger partial charge >= 0.3 is 0 Å². The highest BCUT2D eigenvalue weighted by molar-refractivity contribution is 5.90. The second-order valence-electron chi connectivity index (χ2n) is 4.65. The minimum absolute atomic E-state index is 0.0357. The molecular formula is C16H14N4O2. The first-order chi connectivity index (χ1) is 10.8. The Balaban J connectivity index is 1.58. The van der Waals surface area contributed by atoms with Crippen LogP contribution >= 0.6 is 0 Å². The number of rotatable bonds is 5. The van der Waals surface area contributed by atoms with E-state index in [2.05, 4.69) is 20.4 Å². The van der Waals surface area contributed by atoms with E-state index in [1.165, 1.54) is 0 Å². The standard InChI is InChI=1S/C16H14N4O2/c21-15(18-11-8-12-6-9-17-10-7-12)14-19-16(22-20-14)13-4-2-1-3-5-13/h1-7,9-10H,8,11H2,(H,18,21). The maximum absolute atomic E-state index is 12.0. The fourth-order valence-electron chi connectivity index (χ4n) is 1.96. The van der Waals surface area contributed by atoms with Gasteiger partial charge in [0, 0.05) is 24.5 Å². The largest absolute Gasteiger partial charge is 0.349 e. The van der Waals surface area contributed by atoms with Crippen molar-refractivity contribution >= 4 is 5.91 Å². The van der Waals surface area contributed by atoms with Gasteiger partial charge in [-0.05, 0) is 36.2 Å². The molecule has 0 fully saturated rings. The average Bonchev–Trinajstić information content (AvgIpc) is 3.07. The van der Waals surface area contributed by atoms with Crippen LogP contribution in [-0.4, -0.2) is 27.6 Å². The van der Waals surface area contributed by atoms with Crippen LogP contribution in [0.2, 0.25) is 0 Å². The van der Waals surface area contributed by atoms with E-state index in [4.69, 9.17) is 4.52 Å². The molecule has 6 nitrogen and oxygen atoms in total. The molecule has 6 heteroatoms. The Kier molecular flexibility index (Phi) is 4.20. The van der Waals surface area contributed by atoms with Gasteiger partial charge in [-0.25, -0.2) is 0 Å². The lowest BCUT2D eigenvalue weighted by Gasteiger charge is -2.01. The number of pyridine rings is 1. The van der Waals surface area contributed by atoms with Crippen molar-refractivity contribution in [2.24, 2.45) is 0 Å². The number of amides is 1. The summed E-state index contributed by atoms with van der Waals surface area (Å²) in [6.45, 7) is 0.498. The molecule has 1 N–H and O–H groups in total. The van der Waals surface area contributed by atoms with Crippen molar-refractivity contribution < 1.29 is 9.32 Å². The van der Waals surface area contributed by atoms with Crippen molar-refractivity contribution in [1.82, 2.24) is 20.4 Å². The first-order valence-corrected chi connectivity index (χ1v) is 6.89. The molecule has 1 amide bonds. The summed E-state index contributed by atoms with van der Waals surface area (Å²) in [6.07, 6.45) is 4.17. The molecule has 0 aliphatic heterocycles. The zero-order valence-corrected chi connectivity index (χ0v) is 11.8. The molecule has 0 saturated heterocycles. The topological polar surface area (TPSA) is 80.9 Å². The summed E-state index contributed by atoms with van der Waals surface area (Å²) in [5.74, 6) is 0.0217. The van der Waals surface area contributed by atoms with Gasteiger partial charge < -0.3 is 9.84 Å². The third-order valence-corrected chi connectivity index (χ3v) is 3.10. The monoisotopic (exact) mass is 294 g/mol. The van der Waals surface area contributed by atoms with E-state index in [0.29, 0.717) is 12.4 Å². The lowest BCUT2D eigenvalue weighted by Crippen LogP contribution is -2.26. The average molecular weight is 294 g/mol. The molecule has 3 rings (SSSR count). The molecule has 1 aromatic carbocycles. The van der Waals surface area contributed by atoms with Crippen molar-refractivity contribution in [3.63, 3.8) is 0 Å². The van der Waals surface area contributed by atoms with E-state index in [9.17, 15) is 4.79 Å². The number of nitrogens with zero attached hydrogens (tertiary/aromatic N) is 3. The Morgan fingerprint density at radius 1 is 1.09 bits per heavy atom. The van der Waals surface area contributed by atoms with E-state index in [1.54, 1.807) is 12.4 Å². The molecule has 0 saturated carbocycles. The first kappa shape index (κ1) is 13.9. The van der Waals surface area contributed by atoms with Crippen molar-refractivity contribution in [3.05, 3.63) is 66.2 Å². The van der Waals surface area contributed by atoms with E-state index < -0.39 is 0 Å². The molecule has 2 heterocycles. The molecular weight excluding hydrogens is 280 g/mol. The van der Waals surface area contributed by atoms with Crippen molar-refractivity contribution in [3.8, 4) is 11.5 Å². The lowest BCUT2D eigenvalue weighted by atomic mass is 10.2. The Hall–Kier alpha value is -3.02. The predicted octanol–water partition coefficient (Wildman–Crippen LogP) is 2.10. The smallest absolute Gasteiger partial charge is 0.292 e. The molecule has 0 radical (unpaired) electrons. The summed E-state index contributed by atoms with van der Waals surface area (Å²) < 4.78 is 5.11. The zero-order chi connectivity index (χ0) is 15.2. The zero-order valence-electron chi connectivity index (χ0n) is 11.8. The van der Waals surface area contributed by atoms with Gasteiger partial charge in [-0.3, -0.25) is 9.78 Å². The van der Waals surface area contributed by atoms with Gasteiger partial charge in [-0.15, -0.1) is 0 Å². The molecule has 2 aromatic heterocycles. The number of hydrogen-bond acceptors (Lipinski definition) is 5. The van der Waals surface area contributed by atoms with E-state index >= 15 is 0 Å². The summed E-state index contributed by atoms with van der Waals surface area (Å²) >= 11 is 0. The molecule has 22 heavy (non-hydrogen) atoms. The van der Waals surface area contributed by atoms with Crippen molar-refractivity contribution in [2.75, 3.05) is 6.54 Å². The first-order valence-electron chi connectivity index (χ1n) is 6.89. The SMILES string of the molecule is O=C(NCCc1ccncc1)c1noc(-c2ccccc2)n1. The predicted molar refractivity (Wildman–Crippen MR) is 80.0 cm³/mol. The van der Waals surface area contributed by atoms with Gasteiger partial charge in [0.2, 0.25) is 0 Å². The summed E-state index contributed by atoms with van der Waals surface area (Å²) in [6, 6.07) is 13.1. The minimum Gasteiger partial charge on any atom is -0.349 e. The maximum Gasteiger partial charge on any atom is 0.292 e. The maximum atomic E-state index is 12.0. The minimum atomic E-state index is -0.347. The second-order valence-corrected chi connectivity index (χ2v) is 4.65. The number of aromatic nitrogens is 3. The highest BCUT2D eigenvalue weighted by Gasteiger charge is 2.14. The lowest BCUT2D eigenvalue weighted by molar-refractivity contribution is 0.0941. The molecule has 0 unspecified atom stereocenters. The summed E-state index contributed by atoms with van der Waals surface area (Å²) in [4.78, 5) is 20.0. The molecule has 3 aromatic rings. The van der Waals surface area contributed by atoms with Gasteiger partial charge in [-0.1, -0.05) is 23.4 Å². The Morgan fingerprint density at radius 2 is 1.86 bits per heavy atom. The summed E-state index contributed by atoms with van der Waals surface area (Å²) in [5, 5.41) is 6.48. The van der Waals surface area contributed by atoms with Crippen LogP contribution < -0.4 is 5.32 Å². The highest BCUT2D eigenvalue weighted by Crippen LogP contribution is 2.15. The van der Waals surface area contributed by atoms with Crippen molar-refractivity contribution in [1.29, 1.82) is 0 Å².